The van der Waals surface area contributed by atoms with Gasteiger partial charge in [0.25, 0.3) is 0 Å². The van der Waals surface area contributed by atoms with E-state index in [1.807, 2.05) is 12.1 Å². The molecular formula is C19H22FN5O. The van der Waals surface area contributed by atoms with Crippen LogP contribution in [-0.4, -0.2) is 36.2 Å². The van der Waals surface area contributed by atoms with Gasteiger partial charge in [0.15, 0.2) is 0 Å². The summed E-state index contributed by atoms with van der Waals surface area (Å²) in [4.78, 5) is 11.2. The van der Waals surface area contributed by atoms with Gasteiger partial charge in [-0.15, -0.1) is 0 Å². The molecule has 2 aromatic rings. The number of anilines is 2. The molecule has 1 aromatic heterocycles. The summed E-state index contributed by atoms with van der Waals surface area (Å²) >= 11 is 0. The second kappa shape index (κ2) is 7.56. The number of nitriles is 1. The van der Waals surface area contributed by atoms with Crippen LogP contribution < -0.4 is 15.0 Å². The fourth-order valence-corrected chi connectivity index (χ4v) is 3.22. The number of rotatable bonds is 5. The van der Waals surface area contributed by atoms with E-state index in [-0.39, 0.29) is 11.3 Å². The zero-order valence-corrected chi connectivity index (χ0v) is 15.2. The summed E-state index contributed by atoms with van der Waals surface area (Å²) in [6, 6.07) is 7.10. The first-order valence-corrected chi connectivity index (χ1v) is 8.77. The molecule has 0 bridgehead atoms. The van der Waals surface area contributed by atoms with E-state index in [0.29, 0.717) is 29.9 Å². The molecule has 1 aliphatic heterocycles. The summed E-state index contributed by atoms with van der Waals surface area (Å²) in [6.07, 6.45) is 2.24. The minimum absolute atomic E-state index is 0.0908. The number of nitrogens with one attached hydrogen (secondary N) is 1. The number of hydrogen-bond donors (Lipinski definition) is 1. The van der Waals surface area contributed by atoms with Crippen LogP contribution in [0.1, 0.15) is 32.3 Å². The highest BCUT2D eigenvalue weighted by atomic mass is 19.1. The van der Waals surface area contributed by atoms with Crippen LogP contribution in [0.2, 0.25) is 0 Å². The van der Waals surface area contributed by atoms with Crippen molar-refractivity contribution in [2.75, 3.05) is 30.4 Å². The largest absolute Gasteiger partial charge is 0.492 e. The van der Waals surface area contributed by atoms with Gasteiger partial charge in [-0.05, 0) is 38.8 Å². The molecule has 26 heavy (non-hydrogen) atoms. The Morgan fingerprint density at radius 1 is 1.38 bits per heavy atom. The van der Waals surface area contributed by atoms with E-state index in [0.717, 1.165) is 25.2 Å². The van der Waals surface area contributed by atoms with Gasteiger partial charge in [-0.1, -0.05) is 0 Å². The maximum atomic E-state index is 14.4. The quantitative estimate of drug-likeness (QED) is 0.884. The summed E-state index contributed by atoms with van der Waals surface area (Å²) in [5.74, 6) is 0.895. The fraction of sp³-hybridized carbons (Fsp3) is 0.421. The molecule has 1 aromatic carbocycles. The lowest BCUT2D eigenvalue weighted by Crippen LogP contribution is -2.27. The lowest BCUT2D eigenvalue weighted by atomic mass is 10.1. The highest BCUT2D eigenvalue weighted by Gasteiger charge is 2.23. The molecule has 7 heteroatoms. The first kappa shape index (κ1) is 17.9. The lowest BCUT2D eigenvalue weighted by Gasteiger charge is -2.23. The predicted octanol–water partition coefficient (Wildman–Crippen LogP) is 3.58. The lowest BCUT2D eigenvalue weighted by molar-refractivity contribution is 0.337. The van der Waals surface area contributed by atoms with Crippen LogP contribution in [0.15, 0.2) is 18.2 Å². The van der Waals surface area contributed by atoms with Gasteiger partial charge >= 0.3 is 0 Å². The molecule has 1 unspecified atom stereocenters. The molecule has 1 aliphatic rings. The predicted molar refractivity (Wildman–Crippen MR) is 98.9 cm³/mol. The summed E-state index contributed by atoms with van der Waals surface area (Å²) < 4.78 is 19.8. The van der Waals surface area contributed by atoms with E-state index in [4.69, 9.17) is 4.74 Å². The monoisotopic (exact) mass is 355 g/mol. The Bertz CT molecular complexity index is 849. The van der Waals surface area contributed by atoms with E-state index < -0.39 is 5.82 Å². The van der Waals surface area contributed by atoms with Crippen LogP contribution >= 0.6 is 0 Å². The van der Waals surface area contributed by atoms with E-state index >= 15 is 0 Å². The van der Waals surface area contributed by atoms with Crippen molar-refractivity contribution >= 4 is 11.8 Å². The minimum atomic E-state index is -0.617. The normalized spacial score (nSPS) is 16.4. The highest BCUT2D eigenvalue weighted by molar-refractivity contribution is 5.68. The zero-order valence-electron chi connectivity index (χ0n) is 15.2. The smallest absolute Gasteiger partial charge is 0.224 e. The van der Waals surface area contributed by atoms with Crippen LogP contribution in [0.4, 0.5) is 16.2 Å². The molecule has 2 heterocycles. The van der Waals surface area contributed by atoms with Crippen molar-refractivity contribution in [2.24, 2.45) is 0 Å². The topological polar surface area (TPSA) is 74.1 Å². The van der Waals surface area contributed by atoms with Gasteiger partial charge in [0.2, 0.25) is 5.95 Å². The van der Waals surface area contributed by atoms with E-state index in [9.17, 15) is 9.65 Å². The van der Waals surface area contributed by atoms with E-state index in [2.05, 4.69) is 27.1 Å². The Balaban J connectivity index is 2.10. The SMILES string of the molecule is CCOc1cc(-c2cc(N3CCCC3C)nc(NC)n2)cc(F)c1C#N. The van der Waals surface area contributed by atoms with Crippen molar-refractivity contribution in [1.29, 1.82) is 5.26 Å². The third-order valence-corrected chi connectivity index (χ3v) is 4.54. The number of nitrogens with zero attached hydrogens (tertiary/aromatic N) is 4. The average molecular weight is 355 g/mol. The van der Waals surface area contributed by atoms with Gasteiger partial charge in [-0.3, -0.25) is 0 Å². The Morgan fingerprint density at radius 3 is 2.81 bits per heavy atom. The van der Waals surface area contributed by atoms with Crippen molar-refractivity contribution in [3.05, 3.63) is 29.6 Å². The van der Waals surface area contributed by atoms with Gasteiger partial charge in [0, 0.05) is 31.3 Å². The molecule has 0 radical (unpaired) electrons. The molecule has 1 fully saturated rings. The van der Waals surface area contributed by atoms with Crippen molar-refractivity contribution < 1.29 is 9.13 Å². The summed E-state index contributed by atoms with van der Waals surface area (Å²) in [5.41, 5.74) is 1.05. The van der Waals surface area contributed by atoms with Crippen molar-refractivity contribution in [3.8, 4) is 23.1 Å². The Kier molecular flexibility index (Phi) is 5.21. The third-order valence-electron chi connectivity index (χ3n) is 4.54. The molecule has 0 aliphatic carbocycles. The summed E-state index contributed by atoms with van der Waals surface area (Å²) in [7, 11) is 1.75. The number of aromatic nitrogens is 2. The number of hydrogen-bond acceptors (Lipinski definition) is 6. The number of benzene rings is 1. The highest BCUT2D eigenvalue weighted by Crippen LogP contribution is 2.32. The van der Waals surface area contributed by atoms with E-state index in [1.165, 1.54) is 6.07 Å². The van der Waals surface area contributed by atoms with Crippen LogP contribution in [0.25, 0.3) is 11.3 Å². The maximum absolute atomic E-state index is 14.4. The van der Waals surface area contributed by atoms with Crippen LogP contribution in [0.5, 0.6) is 5.75 Å². The fourth-order valence-electron chi connectivity index (χ4n) is 3.22. The standard InChI is InChI=1S/C19H22FN5O/c1-4-26-17-9-13(8-15(20)14(17)11-21)16-10-18(24-19(22-3)23-16)25-7-5-6-12(25)2/h8-10,12H,4-7H2,1-3H3,(H,22,23,24). The molecule has 0 amide bonds. The Morgan fingerprint density at radius 2 is 2.19 bits per heavy atom. The Labute approximate surface area is 152 Å². The molecule has 1 N–H and O–H groups in total. The van der Waals surface area contributed by atoms with Gasteiger partial charge in [-0.25, -0.2) is 9.37 Å². The van der Waals surface area contributed by atoms with Gasteiger partial charge in [0.1, 0.15) is 29.0 Å². The third kappa shape index (κ3) is 3.40. The summed E-state index contributed by atoms with van der Waals surface area (Å²) in [6.45, 7) is 5.25. The average Bonchev–Trinajstić information content (AvgIpc) is 3.07. The number of ether oxygens (including phenoxy) is 1. The molecule has 3 rings (SSSR count). The molecule has 1 saturated heterocycles. The first-order valence-electron chi connectivity index (χ1n) is 8.77. The summed E-state index contributed by atoms with van der Waals surface area (Å²) in [5, 5.41) is 12.1. The molecular weight excluding hydrogens is 333 g/mol. The molecule has 0 saturated carbocycles. The molecule has 1 atom stereocenters. The van der Waals surface area contributed by atoms with Crippen molar-refractivity contribution in [2.45, 2.75) is 32.7 Å². The minimum Gasteiger partial charge on any atom is -0.492 e. The van der Waals surface area contributed by atoms with Crippen molar-refractivity contribution in [1.82, 2.24) is 9.97 Å². The van der Waals surface area contributed by atoms with Crippen LogP contribution in [-0.2, 0) is 0 Å². The second-order valence-electron chi connectivity index (χ2n) is 6.25. The molecule has 6 nitrogen and oxygen atoms in total. The maximum Gasteiger partial charge on any atom is 0.224 e. The first-order chi connectivity index (χ1) is 12.6. The van der Waals surface area contributed by atoms with Gasteiger partial charge < -0.3 is 15.0 Å². The Hall–Kier alpha value is -2.88. The molecule has 136 valence electrons. The van der Waals surface area contributed by atoms with Crippen molar-refractivity contribution in [3.63, 3.8) is 0 Å². The molecule has 0 spiro atoms. The second-order valence-corrected chi connectivity index (χ2v) is 6.25. The van der Waals surface area contributed by atoms with Crippen LogP contribution in [0, 0.1) is 17.1 Å². The van der Waals surface area contributed by atoms with E-state index in [1.54, 1.807) is 20.0 Å². The van der Waals surface area contributed by atoms with Gasteiger partial charge in [0.05, 0.1) is 12.3 Å². The zero-order chi connectivity index (χ0) is 18.7. The number of halogens is 1. The van der Waals surface area contributed by atoms with Gasteiger partial charge in [-0.2, -0.15) is 10.2 Å². The van der Waals surface area contributed by atoms with Crippen LogP contribution in [0.3, 0.4) is 0 Å².